The van der Waals surface area contributed by atoms with E-state index in [4.69, 9.17) is 4.74 Å². The number of nitrogens with zero attached hydrogens (tertiary/aromatic N) is 1. The van der Waals surface area contributed by atoms with E-state index in [-0.39, 0.29) is 12.5 Å². The summed E-state index contributed by atoms with van der Waals surface area (Å²) in [6.45, 7) is 3.83. The lowest BCUT2D eigenvalue weighted by Gasteiger charge is -2.28. The van der Waals surface area contributed by atoms with E-state index in [0.717, 1.165) is 10.5 Å². The van der Waals surface area contributed by atoms with Crippen LogP contribution in [0.3, 0.4) is 0 Å². The Kier molecular flexibility index (Phi) is 6.03. The third-order valence-electron chi connectivity index (χ3n) is 3.35. The Morgan fingerprint density at radius 3 is 2.40 bits per heavy atom. The normalized spacial score (nSPS) is 13.3. The molecule has 0 saturated carbocycles. The fraction of sp³-hybridized carbons (Fsp3) is 0.467. The van der Waals surface area contributed by atoms with Gasteiger partial charge >= 0.3 is 12.1 Å². The molecule has 2 atom stereocenters. The molecule has 0 saturated heterocycles. The van der Waals surface area contributed by atoms with Gasteiger partial charge < -0.3 is 9.84 Å². The van der Waals surface area contributed by atoms with Crippen molar-refractivity contribution in [1.82, 2.24) is 4.90 Å². The van der Waals surface area contributed by atoms with Crippen molar-refractivity contribution in [1.29, 1.82) is 0 Å². The zero-order valence-electron chi connectivity index (χ0n) is 12.1. The molecule has 1 N–H and O–H groups in total. The Balaban J connectivity index is 2.63. The summed E-state index contributed by atoms with van der Waals surface area (Å²) in [4.78, 5) is 24.3. The molecule has 110 valence electrons. The van der Waals surface area contributed by atoms with Gasteiger partial charge in [0.05, 0.1) is 0 Å². The Morgan fingerprint density at radius 2 is 1.90 bits per heavy atom. The minimum atomic E-state index is -1.02. The van der Waals surface area contributed by atoms with Crippen LogP contribution in [0, 0.1) is 5.92 Å². The van der Waals surface area contributed by atoms with Gasteiger partial charge in [-0.1, -0.05) is 50.6 Å². The van der Waals surface area contributed by atoms with Crippen LogP contribution in [-0.2, 0) is 16.1 Å². The van der Waals surface area contributed by atoms with E-state index in [2.05, 4.69) is 0 Å². The Hall–Kier alpha value is -2.04. The van der Waals surface area contributed by atoms with Crippen LogP contribution in [0.5, 0.6) is 0 Å². The zero-order valence-corrected chi connectivity index (χ0v) is 12.1. The summed E-state index contributed by atoms with van der Waals surface area (Å²) in [7, 11) is 1.46. The van der Waals surface area contributed by atoms with E-state index in [9.17, 15) is 14.7 Å². The summed E-state index contributed by atoms with van der Waals surface area (Å²) in [5, 5.41) is 9.23. The predicted octanol–water partition coefficient (Wildman–Crippen LogP) is 2.75. The van der Waals surface area contributed by atoms with Gasteiger partial charge in [0, 0.05) is 7.05 Å². The van der Waals surface area contributed by atoms with Gasteiger partial charge in [0.2, 0.25) is 0 Å². The van der Waals surface area contributed by atoms with Gasteiger partial charge in [0.15, 0.2) is 0 Å². The van der Waals surface area contributed by atoms with Crippen LogP contribution in [-0.4, -0.2) is 35.2 Å². The van der Waals surface area contributed by atoms with Crippen LogP contribution < -0.4 is 0 Å². The van der Waals surface area contributed by atoms with Crippen LogP contribution in [0.2, 0.25) is 0 Å². The molecule has 0 aliphatic heterocycles. The lowest BCUT2D eigenvalue weighted by Crippen LogP contribution is -2.46. The molecule has 0 heterocycles. The molecule has 1 aromatic carbocycles. The first kappa shape index (κ1) is 16.0. The molecule has 1 amide bonds. The van der Waals surface area contributed by atoms with Crippen molar-refractivity contribution in [3.05, 3.63) is 35.9 Å². The predicted molar refractivity (Wildman–Crippen MR) is 75.3 cm³/mol. The quantitative estimate of drug-likeness (QED) is 0.869. The molecule has 20 heavy (non-hydrogen) atoms. The molecule has 1 aromatic rings. The third-order valence-corrected chi connectivity index (χ3v) is 3.35. The highest BCUT2D eigenvalue weighted by Crippen LogP contribution is 2.15. The second-order valence-corrected chi connectivity index (χ2v) is 4.82. The van der Waals surface area contributed by atoms with E-state index in [0.29, 0.717) is 6.42 Å². The summed E-state index contributed by atoms with van der Waals surface area (Å²) >= 11 is 0. The van der Waals surface area contributed by atoms with E-state index in [1.807, 2.05) is 37.3 Å². The van der Waals surface area contributed by atoms with E-state index >= 15 is 0 Å². The average molecular weight is 279 g/mol. The first-order valence-electron chi connectivity index (χ1n) is 6.63. The Bertz CT molecular complexity index is 446. The number of aliphatic carboxylic acids is 1. The number of carboxylic acid groups (broad SMARTS) is 1. The van der Waals surface area contributed by atoms with Crippen LogP contribution in [0.4, 0.5) is 4.79 Å². The van der Waals surface area contributed by atoms with Gasteiger partial charge in [-0.15, -0.1) is 0 Å². The zero-order chi connectivity index (χ0) is 15.1. The fourth-order valence-corrected chi connectivity index (χ4v) is 1.95. The van der Waals surface area contributed by atoms with Crippen molar-refractivity contribution in [3.63, 3.8) is 0 Å². The topological polar surface area (TPSA) is 66.8 Å². The largest absolute Gasteiger partial charge is 0.480 e. The smallest absolute Gasteiger partial charge is 0.410 e. The fourth-order valence-electron chi connectivity index (χ4n) is 1.95. The number of hydrogen-bond donors (Lipinski definition) is 1. The number of carboxylic acids is 1. The van der Waals surface area contributed by atoms with Crippen molar-refractivity contribution >= 4 is 12.1 Å². The third kappa shape index (κ3) is 4.26. The van der Waals surface area contributed by atoms with Gasteiger partial charge in [0.1, 0.15) is 12.6 Å². The van der Waals surface area contributed by atoms with Crippen LogP contribution in [0.15, 0.2) is 30.3 Å². The van der Waals surface area contributed by atoms with Gasteiger partial charge in [0.25, 0.3) is 0 Å². The molecule has 0 aromatic heterocycles. The van der Waals surface area contributed by atoms with Crippen molar-refractivity contribution < 1.29 is 19.4 Å². The van der Waals surface area contributed by atoms with E-state index in [1.54, 1.807) is 6.92 Å². The molecule has 5 nitrogen and oxygen atoms in total. The van der Waals surface area contributed by atoms with Crippen LogP contribution in [0.1, 0.15) is 25.8 Å². The molecule has 0 spiro atoms. The van der Waals surface area contributed by atoms with Crippen molar-refractivity contribution in [2.24, 2.45) is 5.92 Å². The van der Waals surface area contributed by atoms with Gasteiger partial charge in [-0.05, 0) is 11.5 Å². The number of likely N-dealkylation sites (N-methyl/N-ethyl adjacent to an activating group) is 1. The summed E-state index contributed by atoms with van der Waals surface area (Å²) in [6, 6.07) is 8.40. The maximum atomic E-state index is 11.9. The highest BCUT2D eigenvalue weighted by atomic mass is 16.6. The van der Waals surface area contributed by atoms with Crippen molar-refractivity contribution in [3.8, 4) is 0 Å². The monoisotopic (exact) mass is 279 g/mol. The highest BCUT2D eigenvalue weighted by molar-refractivity contribution is 5.80. The molecular formula is C15H21NO4. The average Bonchev–Trinajstić information content (AvgIpc) is 2.45. The molecular weight excluding hydrogens is 258 g/mol. The first-order valence-corrected chi connectivity index (χ1v) is 6.63. The number of benzene rings is 1. The molecule has 0 bridgehead atoms. The standard InChI is InChI=1S/C15H21NO4/c1-4-11(2)13(14(17)18)16(3)15(19)20-10-12-8-6-5-7-9-12/h5-9,11,13H,4,10H2,1-3H3,(H,17,18)/t11-,13+/m1/s1. The lowest BCUT2D eigenvalue weighted by atomic mass is 9.98. The maximum absolute atomic E-state index is 11.9. The van der Waals surface area contributed by atoms with Gasteiger partial charge in [-0.3, -0.25) is 4.90 Å². The number of carbonyl (C=O) groups excluding carboxylic acids is 1. The van der Waals surface area contributed by atoms with E-state index < -0.39 is 18.1 Å². The second kappa shape index (κ2) is 7.53. The molecule has 0 unspecified atom stereocenters. The van der Waals surface area contributed by atoms with Crippen LogP contribution >= 0.6 is 0 Å². The summed E-state index contributed by atoms with van der Waals surface area (Å²) in [6.07, 6.45) is 0.0503. The number of hydrogen-bond acceptors (Lipinski definition) is 3. The maximum Gasteiger partial charge on any atom is 0.410 e. The Labute approximate surface area is 119 Å². The molecule has 0 radical (unpaired) electrons. The minimum Gasteiger partial charge on any atom is -0.480 e. The second-order valence-electron chi connectivity index (χ2n) is 4.82. The molecule has 0 aliphatic rings. The minimum absolute atomic E-state index is 0.136. The first-order chi connectivity index (χ1) is 9.47. The highest BCUT2D eigenvalue weighted by Gasteiger charge is 2.31. The van der Waals surface area contributed by atoms with E-state index in [1.165, 1.54) is 7.05 Å². The summed E-state index contributed by atoms with van der Waals surface area (Å²) < 4.78 is 5.14. The lowest BCUT2D eigenvalue weighted by molar-refractivity contribution is -0.144. The summed E-state index contributed by atoms with van der Waals surface area (Å²) in [5.41, 5.74) is 0.865. The van der Waals surface area contributed by atoms with Gasteiger partial charge in [-0.2, -0.15) is 0 Å². The van der Waals surface area contributed by atoms with Gasteiger partial charge in [-0.25, -0.2) is 9.59 Å². The molecule has 5 heteroatoms. The molecule has 1 rings (SSSR count). The van der Waals surface area contributed by atoms with Crippen molar-refractivity contribution in [2.45, 2.75) is 32.9 Å². The Morgan fingerprint density at radius 1 is 1.30 bits per heavy atom. The molecule has 0 fully saturated rings. The van der Waals surface area contributed by atoms with Crippen molar-refractivity contribution in [2.75, 3.05) is 7.05 Å². The summed E-state index contributed by atoms with van der Waals surface area (Å²) in [5.74, 6) is -1.15. The number of carbonyl (C=O) groups is 2. The van der Waals surface area contributed by atoms with Crippen LogP contribution in [0.25, 0.3) is 0 Å². The SMILES string of the molecule is CC[C@@H](C)[C@@H](C(=O)O)N(C)C(=O)OCc1ccccc1. The number of ether oxygens (including phenoxy) is 1. The molecule has 0 aliphatic carbocycles. The number of rotatable bonds is 6. The number of amides is 1.